The Bertz CT molecular complexity index is 167. The predicted molar refractivity (Wildman–Crippen MR) is 25.3 cm³/mol. The van der Waals surface area contributed by atoms with Gasteiger partial charge in [0.05, 0.1) is 0 Å². The molecular weight excluding hydrogens is 112 g/mol. The van der Waals surface area contributed by atoms with Crippen LogP contribution >= 0.6 is 0 Å². The van der Waals surface area contributed by atoms with Gasteiger partial charge in [-0.25, -0.2) is 10.7 Å². The molecule has 0 aliphatic heterocycles. The second-order valence-electron chi connectivity index (χ2n) is 0.857. The fourth-order valence-electron chi connectivity index (χ4n) is 0.107. The van der Waals surface area contributed by atoms with Crippen LogP contribution in [0.4, 0.5) is 0 Å². The van der Waals surface area contributed by atoms with Gasteiger partial charge in [-0.2, -0.15) is 0 Å². The Morgan fingerprint density at radius 2 is 2.25 bits per heavy atom. The molecule has 5 nitrogen and oxygen atoms in total. The van der Waals surface area contributed by atoms with Crippen molar-refractivity contribution in [1.82, 2.24) is 0 Å². The first-order chi connectivity index (χ1) is 3.72. The molecule has 0 heterocycles. The normalized spacial score (nSPS) is 7.00. The Morgan fingerprint density at radius 3 is 2.25 bits per heavy atom. The van der Waals surface area contributed by atoms with Gasteiger partial charge in [0.25, 0.3) is 0 Å². The molecule has 0 aromatic carbocycles. The number of hydrogen-bond donors (Lipinski definition) is 1. The molecule has 0 spiro atoms. The van der Waals surface area contributed by atoms with Crippen molar-refractivity contribution in [3.63, 3.8) is 0 Å². The van der Waals surface area contributed by atoms with Crippen molar-refractivity contribution in [2.24, 2.45) is 5.18 Å². The molecule has 0 rings (SSSR count). The molecule has 42 valence electrons. The molecule has 1 N–H and O–H groups in total. The first kappa shape index (κ1) is 6.52. The Morgan fingerprint density at radius 1 is 1.75 bits per heavy atom. The van der Waals surface area contributed by atoms with Gasteiger partial charge in [0, 0.05) is 0 Å². The quantitative estimate of drug-likeness (QED) is 0.309. The molecule has 0 radical (unpaired) electrons. The van der Waals surface area contributed by atoms with Gasteiger partial charge >= 0.3 is 5.97 Å². The van der Waals surface area contributed by atoms with E-state index < -0.39 is 11.7 Å². The molecular formula is C3HN2O3-. The van der Waals surface area contributed by atoms with Crippen molar-refractivity contribution in [2.45, 2.75) is 0 Å². The molecule has 0 bridgehead atoms. The molecule has 0 amide bonds. The number of nitrogens with zero attached hydrogens (tertiary/aromatic N) is 2. The number of rotatable bonds is 2. The monoisotopic (exact) mass is 113 g/mol. The molecule has 0 saturated carbocycles. The maximum absolute atomic E-state index is 9.61. The minimum Gasteiger partial charge on any atom is -0.761 e. The highest BCUT2D eigenvalue weighted by Gasteiger charge is 2.01. The van der Waals surface area contributed by atoms with Crippen LogP contribution in [-0.4, -0.2) is 16.9 Å². The second-order valence-corrected chi connectivity index (χ2v) is 0.857. The topological polar surface area (TPSA) is 89.0 Å². The van der Waals surface area contributed by atoms with Crippen molar-refractivity contribution >= 4 is 11.8 Å². The van der Waals surface area contributed by atoms with Crippen molar-refractivity contribution < 1.29 is 9.90 Å². The summed E-state index contributed by atoms with van der Waals surface area (Å²) in [5.41, 5.74) is -1.02. The Balaban J connectivity index is 4.37. The van der Waals surface area contributed by atoms with Crippen molar-refractivity contribution in [3.8, 4) is 0 Å². The molecule has 0 saturated heterocycles. The molecule has 0 aliphatic carbocycles. The highest BCUT2D eigenvalue weighted by atomic mass is 16.4. The number of carboxylic acids is 1. The van der Waals surface area contributed by atoms with Crippen LogP contribution in [0.2, 0.25) is 0 Å². The average molecular weight is 113 g/mol. The molecule has 5 heteroatoms. The summed E-state index contributed by atoms with van der Waals surface area (Å²) < 4.78 is 0. The summed E-state index contributed by atoms with van der Waals surface area (Å²) in [5, 5.41) is 17.5. The van der Waals surface area contributed by atoms with Crippen LogP contribution in [0.15, 0.2) is 10.9 Å². The molecule has 0 unspecified atom stereocenters. The highest BCUT2D eigenvalue weighted by molar-refractivity contribution is 5.96. The fourth-order valence-corrected chi connectivity index (χ4v) is 0.107. The van der Waals surface area contributed by atoms with Crippen LogP contribution in [-0.2, 0) is 4.79 Å². The number of carbonyl (C=O) groups is 1. The van der Waals surface area contributed by atoms with Crippen molar-refractivity contribution in [2.75, 3.05) is 0 Å². The van der Waals surface area contributed by atoms with E-state index in [0.717, 1.165) is 5.87 Å². The number of hydrogen-bond acceptors (Lipinski definition) is 3. The summed E-state index contributed by atoms with van der Waals surface area (Å²) in [6.45, 7) is 0. The van der Waals surface area contributed by atoms with Crippen LogP contribution in [0.3, 0.4) is 0 Å². The lowest BCUT2D eigenvalue weighted by molar-refractivity contribution is -0.132. The van der Waals surface area contributed by atoms with Crippen LogP contribution in [0.5, 0.6) is 0 Å². The molecule has 8 heavy (non-hydrogen) atoms. The number of nitroso groups, excluding NO2 is 1. The zero-order chi connectivity index (χ0) is 6.57. The van der Waals surface area contributed by atoms with Crippen LogP contribution in [0.1, 0.15) is 0 Å². The van der Waals surface area contributed by atoms with E-state index in [1.165, 1.54) is 0 Å². The van der Waals surface area contributed by atoms with E-state index in [9.17, 15) is 9.70 Å². The lowest BCUT2D eigenvalue weighted by Crippen LogP contribution is -1.96. The van der Waals surface area contributed by atoms with E-state index >= 15 is 0 Å². The smallest absolute Gasteiger partial charge is 0.364 e. The summed E-state index contributed by atoms with van der Waals surface area (Å²) in [4.78, 5) is 18.9. The largest absolute Gasteiger partial charge is 0.761 e. The van der Waals surface area contributed by atoms with Gasteiger partial charge in [0.15, 0.2) is 0 Å². The Kier molecular flexibility index (Phi) is 2.16. The van der Waals surface area contributed by atoms with Crippen molar-refractivity contribution in [3.05, 3.63) is 16.0 Å². The zero-order valence-corrected chi connectivity index (χ0v) is 3.66. The highest BCUT2D eigenvalue weighted by Crippen LogP contribution is 1.86. The fraction of sp³-hybridized carbons (Fsp3) is 0. The van der Waals surface area contributed by atoms with Gasteiger partial charge in [-0.15, -0.1) is 4.91 Å². The standard InChI is InChI=1S/C3HN2O3/c4-1-2(5-8)3(6)7/h(H,6,7)/q-1. The minimum atomic E-state index is -1.59. The van der Waals surface area contributed by atoms with E-state index in [1.807, 2.05) is 5.18 Å². The third-order valence-corrected chi connectivity index (χ3v) is 0.400. The molecule has 0 aliphatic rings. The van der Waals surface area contributed by atoms with Crippen LogP contribution < -0.4 is 0 Å². The zero-order valence-electron chi connectivity index (χ0n) is 3.66. The SMILES string of the molecule is [N-]=C=C(N=O)C(=O)O. The van der Waals surface area contributed by atoms with E-state index in [0.29, 0.717) is 0 Å². The number of aliphatic carboxylic acids is 1. The van der Waals surface area contributed by atoms with Crippen LogP contribution in [0, 0.1) is 4.91 Å². The van der Waals surface area contributed by atoms with E-state index in [4.69, 9.17) is 10.5 Å². The van der Waals surface area contributed by atoms with Crippen LogP contribution in [0.25, 0.3) is 5.41 Å². The van der Waals surface area contributed by atoms with Gasteiger partial charge in [-0.05, 0) is 5.18 Å². The van der Waals surface area contributed by atoms with Crippen molar-refractivity contribution in [1.29, 1.82) is 0 Å². The summed E-state index contributed by atoms with van der Waals surface area (Å²) in [6, 6.07) is 0. The molecule has 0 aromatic heterocycles. The first-order valence-corrected chi connectivity index (χ1v) is 1.56. The van der Waals surface area contributed by atoms with E-state index in [1.54, 1.807) is 0 Å². The Hall–Kier alpha value is -1.48. The maximum atomic E-state index is 9.61. The van der Waals surface area contributed by atoms with Gasteiger partial charge < -0.3 is 10.5 Å². The molecule has 0 fully saturated rings. The summed E-state index contributed by atoms with van der Waals surface area (Å²) in [5.74, 6) is -0.506. The van der Waals surface area contributed by atoms with E-state index in [-0.39, 0.29) is 0 Å². The molecule has 0 atom stereocenters. The average Bonchev–Trinajstić information content (AvgIpc) is 1.69. The third-order valence-electron chi connectivity index (χ3n) is 0.400. The summed E-state index contributed by atoms with van der Waals surface area (Å²) in [7, 11) is 0. The van der Waals surface area contributed by atoms with Gasteiger partial charge in [0.1, 0.15) is 0 Å². The van der Waals surface area contributed by atoms with Gasteiger partial charge in [-0.3, -0.25) is 0 Å². The number of carboxylic acid groups (broad SMARTS) is 1. The summed E-state index contributed by atoms with van der Waals surface area (Å²) >= 11 is 0. The Labute approximate surface area is 44.1 Å². The minimum absolute atomic E-state index is 1.02. The lowest BCUT2D eigenvalue weighted by atomic mass is 10.5. The van der Waals surface area contributed by atoms with E-state index in [2.05, 4.69) is 0 Å². The predicted octanol–water partition coefficient (Wildman–Crippen LogP) is -0.0396. The lowest BCUT2D eigenvalue weighted by Gasteiger charge is -1.81. The maximum Gasteiger partial charge on any atom is 0.364 e. The first-order valence-electron chi connectivity index (χ1n) is 1.56. The summed E-state index contributed by atoms with van der Waals surface area (Å²) in [6.07, 6.45) is 0. The van der Waals surface area contributed by atoms with Gasteiger partial charge in [0.2, 0.25) is 5.70 Å². The molecule has 0 aromatic rings. The van der Waals surface area contributed by atoms with Gasteiger partial charge in [-0.1, -0.05) is 0 Å². The third kappa shape index (κ3) is 1.32. The second kappa shape index (κ2) is 2.65.